The summed E-state index contributed by atoms with van der Waals surface area (Å²) in [6, 6.07) is 7.04. The van der Waals surface area contributed by atoms with E-state index in [1.807, 2.05) is 0 Å². The second kappa shape index (κ2) is 7.46. The highest BCUT2D eigenvalue weighted by atomic mass is 127. The van der Waals surface area contributed by atoms with Gasteiger partial charge in [0.2, 0.25) is 0 Å². The molecule has 9 atom stereocenters. The van der Waals surface area contributed by atoms with E-state index < -0.39 is 5.60 Å². The third kappa shape index (κ3) is 3.17. The molecule has 192 valence electrons. The number of benzene rings is 1. The Morgan fingerprint density at radius 2 is 1.86 bits per heavy atom. The number of aliphatic hydroxyl groups excluding tert-OH is 1. The van der Waals surface area contributed by atoms with Crippen LogP contribution in [-0.4, -0.2) is 34.1 Å². The van der Waals surface area contributed by atoms with Crippen molar-refractivity contribution in [1.82, 2.24) is 0 Å². The monoisotopic (exact) mass is 592 g/mol. The fourth-order valence-electron chi connectivity index (χ4n) is 10.9. The molecular formula is C30H41IO4. The zero-order valence-corrected chi connectivity index (χ0v) is 23.6. The lowest BCUT2D eigenvalue weighted by Crippen LogP contribution is -2.70. The molecule has 7 rings (SSSR count). The van der Waals surface area contributed by atoms with Crippen molar-refractivity contribution in [1.29, 1.82) is 0 Å². The van der Waals surface area contributed by atoms with Crippen molar-refractivity contribution in [3.63, 3.8) is 0 Å². The number of hydrogen-bond donors (Lipinski definition) is 2. The van der Waals surface area contributed by atoms with Crippen LogP contribution in [0.4, 0.5) is 0 Å². The van der Waals surface area contributed by atoms with Crippen molar-refractivity contribution < 1.29 is 20.0 Å². The first-order valence-corrected chi connectivity index (χ1v) is 15.1. The third-order valence-corrected chi connectivity index (χ3v) is 12.7. The Morgan fingerprint density at radius 1 is 1.03 bits per heavy atom. The van der Waals surface area contributed by atoms with E-state index in [9.17, 15) is 10.2 Å². The van der Waals surface area contributed by atoms with Crippen LogP contribution in [-0.2, 0) is 16.2 Å². The Bertz CT molecular complexity index is 1060. The predicted molar refractivity (Wildman–Crippen MR) is 143 cm³/mol. The van der Waals surface area contributed by atoms with Gasteiger partial charge in [-0.05, 0) is 138 Å². The van der Waals surface area contributed by atoms with Crippen LogP contribution in [0.5, 0.6) is 0 Å². The van der Waals surface area contributed by atoms with Crippen molar-refractivity contribution in [3.8, 4) is 0 Å². The van der Waals surface area contributed by atoms with E-state index in [0.717, 1.165) is 57.8 Å². The molecule has 1 heterocycles. The van der Waals surface area contributed by atoms with Crippen molar-refractivity contribution in [2.45, 2.75) is 108 Å². The quantitative estimate of drug-likeness (QED) is 0.280. The molecule has 1 unspecified atom stereocenters. The van der Waals surface area contributed by atoms with Gasteiger partial charge in [-0.2, -0.15) is 0 Å². The molecule has 4 saturated carbocycles. The molecule has 0 amide bonds. The van der Waals surface area contributed by atoms with Crippen LogP contribution in [0.15, 0.2) is 18.2 Å². The first-order valence-electron chi connectivity index (χ1n) is 14.0. The number of fused-ring (bicyclic) bond motifs is 4. The summed E-state index contributed by atoms with van der Waals surface area (Å²) in [5, 5.41) is 24.0. The van der Waals surface area contributed by atoms with Gasteiger partial charge in [0.25, 0.3) is 0 Å². The number of halogens is 1. The maximum absolute atomic E-state index is 12.8. The van der Waals surface area contributed by atoms with E-state index >= 15 is 0 Å². The molecule has 0 bridgehead atoms. The highest BCUT2D eigenvalue weighted by Crippen LogP contribution is 2.74. The van der Waals surface area contributed by atoms with Gasteiger partial charge in [-0.25, -0.2) is 9.78 Å². The van der Waals surface area contributed by atoms with E-state index in [0.29, 0.717) is 36.7 Å². The molecule has 4 nitrogen and oxygen atoms in total. The maximum Gasteiger partial charge on any atom is 0.107 e. The van der Waals surface area contributed by atoms with Gasteiger partial charge in [0, 0.05) is 15.4 Å². The largest absolute Gasteiger partial charge is 0.393 e. The van der Waals surface area contributed by atoms with Crippen molar-refractivity contribution in [2.75, 3.05) is 6.61 Å². The molecule has 2 spiro atoms. The standard InChI is InChI=1S/C30H41IO4/c1-26(2)15-28(35-34-17-26)10-11-29-13-18-12-19(31)4-5-20(18)22-14-27(3)23(6-7-24(27)32)21(25(22)29)8-9-30(29,33)16-28/h4-5,12,21-25,32-33H,6-11,13-17H2,1-3H3/t21-,22+,23-,24-,25+,27-,28?,29-,30+/m0/s1. The lowest BCUT2D eigenvalue weighted by atomic mass is 9.36. The van der Waals surface area contributed by atoms with Gasteiger partial charge in [-0.3, -0.25) is 0 Å². The lowest BCUT2D eigenvalue weighted by molar-refractivity contribution is -0.425. The van der Waals surface area contributed by atoms with Gasteiger partial charge in [0.05, 0.1) is 18.3 Å². The Morgan fingerprint density at radius 3 is 2.66 bits per heavy atom. The van der Waals surface area contributed by atoms with Crippen LogP contribution in [0.1, 0.15) is 95.6 Å². The molecule has 5 fully saturated rings. The third-order valence-electron chi connectivity index (χ3n) is 12.0. The second-order valence-electron chi connectivity index (χ2n) is 14.5. The summed E-state index contributed by atoms with van der Waals surface area (Å²) in [5.41, 5.74) is 1.81. The van der Waals surface area contributed by atoms with E-state index in [4.69, 9.17) is 9.78 Å². The predicted octanol–water partition coefficient (Wildman–Crippen LogP) is 6.16. The second-order valence-corrected chi connectivity index (χ2v) is 15.7. The lowest BCUT2D eigenvalue weighted by Gasteiger charge is -2.70. The molecule has 1 saturated heterocycles. The molecule has 5 heteroatoms. The van der Waals surface area contributed by atoms with Crippen LogP contribution in [0, 0.1) is 37.6 Å². The molecule has 35 heavy (non-hydrogen) atoms. The van der Waals surface area contributed by atoms with Crippen molar-refractivity contribution in [3.05, 3.63) is 32.9 Å². The normalized spacial score (nSPS) is 51.8. The minimum Gasteiger partial charge on any atom is -0.393 e. The average molecular weight is 593 g/mol. The zero-order valence-electron chi connectivity index (χ0n) is 21.5. The summed E-state index contributed by atoms with van der Waals surface area (Å²) in [7, 11) is 0. The van der Waals surface area contributed by atoms with Gasteiger partial charge in [-0.1, -0.05) is 26.8 Å². The molecule has 5 aliphatic carbocycles. The van der Waals surface area contributed by atoms with E-state index in [1.165, 1.54) is 14.7 Å². The van der Waals surface area contributed by atoms with E-state index in [-0.39, 0.29) is 27.9 Å². The van der Waals surface area contributed by atoms with Gasteiger partial charge in [0.1, 0.15) is 5.60 Å². The smallest absolute Gasteiger partial charge is 0.107 e. The first-order chi connectivity index (χ1) is 16.5. The molecule has 2 N–H and O–H groups in total. The number of aliphatic hydroxyl groups is 2. The molecular weight excluding hydrogens is 551 g/mol. The van der Waals surface area contributed by atoms with Crippen molar-refractivity contribution in [2.24, 2.45) is 34.0 Å². The number of hydrogen-bond acceptors (Lipinski definition) is 4. The minimum atomic E-state index is -0.731. The minimum absolute atomic E-state index is 0.000317. The maximum atomic E-state index is 12.8. The average Bonchev–Trinajstić information content (AvgIpc) is 3.07. The van der Waals surface area contributed by atoms with Gasteiger partial charge >= 0.3 is 0 Å². The summed E-state index contributed by atoms with van der Waals surface area (Å²) in [5.74, 6) is 2.09. The Balaban J connectivity index is 1.36. The Labute approximate surface area is 223 Å². The highest BCUT2D eigenvalue weighted by molar-refractivity contribution is 14.1. The fourth-order valence-corrected chi connectivity index (χ4v) is 11.4. The molecule has 1 aromatic carbocycles. The Kier molecular flexibility index (Phi) is 5.09. The van der Waals surface area contributed by atoms with Gasteiger partial charge in [-0.15, -0.1) is 0 Å². The zero-order chi connectivity index (χ0) is 24.4. The summed E-state index contributed by atoms with van der Waals surface area (Å²) < 4.78 is 1.28. The highest BCUT2D eigenvalue weighted by Gasteiger charge is 2.72. The molecule has 1 aromatic rings. The summed E-state index contributed by atoms with van der Waals surface area (Å²) in [6.07, 6.45) is 9.51. The van der Waals surface area contributed by atoms with Crippen molar-refractivity contribution >= 4 is 22.6 Å². The van der Waals surface area contributed by atoms with Crippen LogP contribution >= 0.6 is 22.6 Å². The Hall–Kier alpha value is -0.210. The summed E-state index contributed by atoms with van der Waals surface area (Å²) >= 11 is 2.45. The van der Waals surface area contributed by atoms with Crippen LogP contribution in [0.3, 0.4) is 0 Å². The molecule has 6 aliphatic rings. The SMILES string of the molecule is CC1(C)COOC2(CC[C@@]34Cc5cc(I)ccc5[C@H]5C[C@]6(C)[C@@H](O)CC[C@H]6[C@H](CC[C@@]3(O)C2)[C@H]54)C1. The molecule has 0 aromatic heterocycles. The molecule has 1 aliphatic heterocycles. The summed E-state index contributed by atoms with van der Waals surface area (Å²) in [4.78, 5) is 11.8. The van der Waals surface area contributed by atoms with Crippen LogP contribution < -0.4 is 0 Å². The number of rotatable bonds is 0. The summed E-state index contributed by atoms with van der Waals surface area (Å²) in [6.45, 7) is 7.54. The van der Waals surface area contributed by atoms with Crippen LogP contribution in [0.2, 0.25) is 0 Å². The van der Waals surface area contributed by atoms with E-state index in [1.54, 1.807) is 0 Å². The fraction of sp³-hybridized carbons (Fsp3) is 0.800. The van der Waals surface area contributed by atoms with Crippen LogP contribution in [0.25, 0.3) is 0 Å². The van der Waals surface area contributed by atoms with Gasteiger partial charge in [0.15, 0.2) is 0 Å². The topological polar surface area (TPSA) is 58.9 Å². The first kappa shape index (κ1) is 23.9. The van der Waals surface area contributed by atoms with E-state index in [2.05, 4.69) is 61.6 Å². The molecule has 0 radical (unpaired) electrons. The van der Waals surface area contributed by atoms with Gasteiger partial charge < -0.3 is 10.2 Å².